The van der Waals surface area contributed by atoms with Gasteiger partial charge in [0.15, 0.2) is 16.6 Å². The Morgan fingerprint density at radius 3 is 3.14 bits per heavy atom. The molecule has 1 aromatic heterocycles. The van der Waals surface area contributed by atoms with Crippen LogP contribution in [0.15, 0.2) is 23.6 Å². The minimum absolute atomic E-state index is 0.194. The number of aromatic nitrogens is 1. The molecule has 0 radical (unpaired) electrons. The molecule has 0 atom stereocenters. The minimum atomic E-state index is -0.194. The van der Waals surface area contributed by atoms with Crippen LogP contribution in [0.25, 0.3) is 0 Å². The number of ether oxygens (including phenoxy) is 3. The highest BCUT2D eigenvalue weighted by Gasteiger charge is 2.14. The number of nitrogens with one attached hydrogen (secondary N) is 1. The second kappa shape index (κ2) is 6.65. The minimum Gasteiger partial charge on any atom is -0.466 e. The van der Waals surface area contributed by atoms with Gasteiger partial charge in [0.05, 0.1) is 18.7 Å². The smallest absolute Gasteiger partial charge is 0.306 e. The summed E-state index contributed by atoms with van der Waals surface area (Å²) in [5.41, 5.74) is 1.76. The number of rotatable bonds is 6. The van der Waals surface area contributed by atoms with Crippen molar-refractivity contribution in [3.8, 4) is 11.5 Å². The van der Waals surface area contributed by atoms with Crippen molar-refractivity contribution in [2.45, 2.75) is 19.8 Å². The average Bonchev–Trinajstić information content (AvgIpc) is 3.14. The van der Waals surface area contributed by atoms with Crippen molar-refractivity contribution < 1.29 is 19.0 Å². The third-order valence-corrected chi connectivity index (χ3v) is 3.87. The lowest BCUT2D eigenvalue weighted by molar-refractivity contribution is -0.143. The molecule has 0 aliphatic carbocycles. The van der Waals surface area contributed by atoms with E-state index in [1.807, 2.05) is 23.6 Å². The van der Waals surface area contributed by atoms with Crippen molar-refractivity contribution >= 4 is 28.1 Å². The van der Waals surface area contributed by atoms with E-state index in [4.69, 9.17) is 14.2 Å². The lowest BCUT2D eigenvalue weighted by Crippen LogP contribution is -2.05. The summed E-state index contributed by atoms with van der Waals surface area (Å²) in [6.07, 6.45) is 0.930. The largest absolute Gasteiger partial charge is 0.466 e. The van der Waals surface area contributed by atoms with Gasteiger partial charge in [-0.15, -0.1) is 11.3 Å². The first-order chi connectivity index (χ1) is 10.7. The van der Waals surface area contributed by atoms with Gasteiger partial charge in [-0.05, 0) is 19.1 Å². The van der Waals surface area contributed by atoms with Crippen molar-refractivity contribution in [3.63, 3.8) is 0 Å². The molecule has 0 spiro atoms. The van der Waals surface area contributed by atoms with Gasteiger partial charge in [-0.25, -0.2) is 4.98 Å². The molecule has 116 valence electrons. The van der Waals surface area contributed by atoms with Crippen LogP contribution in [0, 0.1) is 0 Å². The Bertz CT molecular complexity index is 671. The maximum Gasteiger partial charge on any atom is 0.306 e. The van der Waals surface area contributed by atoms with E-state index in [-0.39, 0.29) is 12.8 Å². The summed E-state index contributed by atoms with van der Waals surface area (Å²) >= 11 is 1.50. The van der Waals surface area contributed by atoms with Crippen LogP contribution in [-0.4, -0.2) is 24.4 Å². The van der Waals surface area contributed by atoms with Gasteiger partial charge < -0.3 is 19.5 Å². The normalized spacial score (nSPS) is 12.2. The van der Waals surface area contributed by atoms with Crippen LogP contribution in [0.3, 0.4) is 0 Å². The van der Waals surface area contributed by atoms with Gasteiger partial charge in [-0.3, -0.25) is 4.79 Å². The summed E-state index contributed by atoms with van der Waals surface area (Å²) in [6.45, 7) is 2.47. The molecule has 1 aliphatic rings. The molecule has 1 aromatic carbocycles. The first-order valence-corrected chi connectivity index (χ1v) is 7.89. The molecule has 0 amide bonds. The molecular formula is C15H16N2O4S. The summed E-state index contributed by atoms with van der Waals surface area (Å²) < 4.78 is 15.5. The number of anilines is 2. The van der Waals surface area contributed by atoms with E-state index in [1.54, 1.807) is 6.92 Å². The maximum absolute atomic E-state index is 11.3. The Balaban J connectivity index is 1.58. The number of carbonyl (C=O) groups is 1. The van der Waals surface area contributed by atoms with E-state index in [2.05, 4.69) is 10.3 Å². The third kappa shape index (κ3) is 3.48. The maximum atomic E-state index is 11.3. The zero-order chi connectivity index (χ0) is 15.4. The van der Waals surface area contributed by atoms with Gasteiger partial charge in [-0.1, -0.05) is 0 Å². The molecule has 3 rings (SSSR count). The molecule has 6 nitrogen and oxygen atoms in total. The number of esters is 1. The topological polar surface area (TPSA) is 69.7 Å². The van der Waals surface area contributed by atoms with E-state index >= 15 is 0 Å². The molecule has 0 unspecified atom stereocenters. The van der Waals surface area contributed by atoms with Crippen LogP contribution in [-0.2, 0) is 16.0 Å². The van der Waals surface area contributed by atoms with Crippen LogP contribution in [0.4, 0.5) is 10.8 Å². The molecule has 2 aromatic rings. The number of benzene rings is 1. The van der Waals surface area contributed by atoms with E-state index in [0.717, 1.165) is 28.0 Å². The Morgan fingerprint density at radius 1 is 1.41 bits per heavy atom. The predicted octanol–water partition coefficient (Wildman–Crippen LogP) is 3.11. The van der Waals surface area contributed by atoms with Gasteiger partial charge in [-0.2, -0.15) is 0 Å². The van der Waals surface area contributed by atoms with E-state index in [9.17, 15) is 4.79 Å². The average molecular weight is 320 g/mol. The van der Waals surface area contributed by atoms with Gasteiger partial charge in [0, 0.05) is 23.6 Å². The number of thiazole rings is 1. The first-order valence-electron chi connectivity index (χ1n) is 7.01. The highest BCUT2D eigenvalue weighted by atomic mass is 32.1. The summed E-state index contributed by atoms with van der Waals surface area (Å²) in [5, 5.41) is 5.94. The van der Waals surface area contributed by atoms with Crippen LogP contribution in [0.2, 0.25) is 0 Å². The van der Waals surface area contributed by atoms with Crippen LogP contribution >= 0.6 is 11.3 Å². The Hall–Kier alpha value is -2.28. The second-order valence-electron chi connectivity index (χ2n) is 4.64. The number of carbonyl (C=O) groups excluding carboxylic acids is 1. The van der Waals surface area contributed by atoms with E-state index in [0.29, 0.717) is 19.4 Å². The molecule has 1 N–H and O–H groups in total. The monoisotopic (exact) mass is 320 g/mol. The summed E-state index contributed by atoms with van der Waals surface area (Å²) in [6, 6.07) is 5.65. The fraction of sp³-hybridized carbons (Fsp3) is 0.333. The van der Waals surface area contributed by atoms with Crippen molar-refractivity contribution in [1.82, 2.24) is 4.98 Å². The molecule has 2 heterocycles. The molecule has 7 heteroatoms. The number of fused-ring (bicyclic) bond motifs is 1. The highest BCUT2D eigenvalue weighted by molar-refractivity contribution is 7.13. The molecular weight excluding hydrogens is 304 g/mol. The van der Waals surface area contributed by atoms with Crippen molar-refractivity contribution in [1.29, 1.82) is 0 Å². The highest BCUT2D eigenvalue weighted by Crippen LogP contribution is 2.35. The zero-order valence-electron chi connectivity index (χ0n) is 12.1. The molecule has 0 saturated heterocycles. The van der Waals surface area contributed by atoms with Crippen molar-refractivity contribution in [2.24, 2.45) is 0 Å². The SMILES string of the molecule is CCOC(=O)CCc1csc(Nc2ccc3c(c2)OCO3)n1. The molecule has 0 saturated carbocycles. The summed E-state index contributed by atoms with van der Waals surface area (Å²) in [7, 11) is 0. The lowest BCUT2D eigenvalue weighted by Gasteiger charge is -2.03. The fourth-order valence-electron chi connectivity index (χ4n) is 2.04. The lowest BCUT2D eigenvalue weighted by atomic mass is 10.2. The van der Waals surface area contributed by atoms with Gasteiger partial charge in [0.25, 0.3) is 0 Å². The predicted molar refractivity (Wildman–Crippen MR) is 82.9 cm³/mol. The number of hydrogen-bond acceptors (Lipinski definition) is 7. The fourth-order valence-corrected chi connectivity index (χ4v) is 2.81. The van der Waals surface area contributed by atoms with Crippen LogP contribution in [0.1, 0.15) is 19.0 Å². The standard InChI is InChI=1S/C15H16N2O4S/c1-2-19-14(18)6-4-11-8-22-15(17-11)16-10-3-5-12-13(7-10)21-9-20-12/h3,5,7-8H,2,4,6,9H2,1H3,(H,16,17). The number of nitrogens with zero attached hydrogens (tertiary/aromatic N) is 1. The van der Waals surface area contributed by atoms with Gasteiger partial charge in [0.2, 0.25) is 6.79 Å². The summed E-state index contributed by atoms with van der Waals surface area (Å²) in [5.74, 6) is 1.28. The van der Waals surface area contributed by atoms with E-state index in [1.165, 1.54) is 11.3 Å². The molecule has 0 bridgehead atoms. The summed E-state index contributed by atoms with van der Waals surface area (Å²) in [4.78, 5) is 15.8. The Kier molecular flexibility index (Phi) is 4.43. The van der Waals surface area contributed by atoms with Gasteiger partial charge >= 0.3 is 5.97 Å². The second-order valence-corrected chi connectivity index (χ2v) is 5.50. The Morgan fingerprint density at radius 2 is 2.27 bits per heavy atom. The molecule has 0 fully saturated rings. The quantitative estimate of drug-likeness (QED) is 0.825. The number of hydrogen-bond donors (Lipinski definition) is 1. The first kappa shape index (κ1) is 14.6. The molecule has 1 aliphatic heterocycles. The van der Waals surface area contributed by atoms with Gasteiger partial charge in [0.1, 0.15) is 0 Å². The number of aryl methyl sites for hydroxylation is 1. The third-order valence-electron chi connectivity index (χ3n) is 3.07. The van der Waals surface area contributed by atoms with E-state index < -0.39 is 0 Å². The van der Waals surface area contributed by atoms with Crippen LogP contribution in [0.5, 0.6) is 11.5 Å². The van der Waals surface area contributed by atoms with Crippen molar-refractivity contribution in [3.05, 3.63) is 29.3 Å². The Labute approximate surface area is 132 Å². The zero-order valence-corrected chi connectivity index (χ0v) is 12.9. The molecule has 22 heavy (non-hydrogen) atoms. The van der Waals surface area contributed by atoms with Crippen LogP contribution < -0.4 is 14.8 Å². The van der Waals surface area contributed by atoms with Crippen molar-refractivity contribution in [2.75, 3.05) is 18.7 Å².